The molecule has 0 saturated heterocycles. The fourth-order valence-corrected chi connectivity index (χ4v) is 3.54. The van der Waals surface area contributed by atoms with Crippen LogP contribution in [-0.4, -0.2) is 23.9 Å². The maximum atomic E-state index is 12.9. The molecule has 0 spiro atoms. The van der Waals surface area contributed by atoms with E-state index in [4.69, 9.17) is 0 Å². The van der Waals surface area contributed by atoms with Gasteiger partial charge in [-0.3, -0.25) is 9.59 Å². The summed E-state index contributed by atoms with van der Waals surface area (Å²) in [5.74, 6) is -0.270. The number of carbonyl (C=O) groups excluding carboxylic acids is 2. The minimum absolute atomic E-state index is 0.0321. The Kier molecular flexibility index (Phi) is 6.47. The smallest absolute Gasteiger partial charge is 0.247 e. The summed E-state index contributed by atoms with van der Waals surface area (Å²) in [6.07, 6.45) is 1.43. The highest BCUT2D eigenvalue weighted by molar-refractivity contribution is 5.98. The number of carbonyl (C=O) groups is 2. The Morgan fingerprint density at radius 2 is 1.89 bits per heavy atom. The molecular weight excluding hydrogens is 350 g/mol. The lowest BCUT2D eigenvalue weighted by Gasteiger charge is -2.29. The Morgan fingerprint density at radius 3 is 2.61 bits per heavy atom. The number of fused-ring (bicyclic) bond motifs is 1. The highest BCUT2D eigenvalue weighted by atomic mass is 16.2. The molecule has 1 aliphatic heterocycles. The third-order valence-electron chi connectivity index (χ3n) is 5.48. The molecule has 0 fully saturated rings. The van der Waals surface area contributed by atoms with E-state index in [1.165, 1.54) is 11.1 Å². The lowest BCUT2D eigenvalue weighted by Crippen LogP contribution is -2.55. The minimum atomic E-state index is -0.572. The molecule has 0 aliphatic carbocycles. The SMILES string of the molecule is CC[C@H](C)[C@H](NC(=O)[C@@H]1Cc2ccccc2CN1)C(=O)Nc1cccc(C)c1. The van der Waals surface area contributed by atoms with Crippen molar-refractivity contribution in [3.63, 3.8) is 0 Å². The molecule has 3 N–H and O–H groups in total. The van der Waals surface area contributed by atoms with E-state index < -0.39 is 6.04 Å². The van der Waals surface area contributed by atoms with Gasteiger partial charge in [0, 0.05) is 12.2 Å². The van der Waals surface area contributed by atoms with Gasteiger partial charge in [0.25, 0.3) is 0 Å². The van der Waals surface area contributed by atoms with Crippen LogP contribution in [0.1, 0.15) is 37.0 Å². The molecule has 5 heteroatoms. The van der Waals surface area contributed by atoms with Crippen molar-refractivity contribution in [3.05, 3.63) is 65.2 Å². The summed E-state index contributed by atoms with van der Waals surface area (Å²) in [5.41, 5.74) is 4.23. The Bertz CT molecular complexity index is 849. The zero-order valence-electron chi connectivity index (χ0n) is 16.8. The van der Waals surface area contributed by atoms with E-state index in [0.717, 1.165) is 17.7 Å². The van der Waals surface area contributed by atoms with Crippen molar-refractivity contribution in [1.29, 1.82) is 0 Å². The average Bonchev–Trinajstić information content (AvgIpc) is 2.70. The third-order valence-corrected chi connectivity index (χ3v) is 5.48. The number of hydrogen-bond donors (Lipinski definition) is 3. The summed E-state index contributed by atoms with van der Waals surface area (Å²) in [6, 6.07) is 14.9. The van der Waals surface area contributed by atoms with Gasteiger partial charge in [-0.2, -0.15) is 0 Å². The summed E-state index contributed by atoms with van der Waals surface area (Å²) in [5, 5.41) is 9.23. The van der Waals surface area contributed by atoms with Crippen LogP contribution in [0, 0.1) is 12.8 Å². The number of nitrogens with one attached hydrogen (secondary N) is 3. The predicted octanol–water partition coefficient (Wildman–Crippen LogP) is 3.18. The Morgan fingerprint density at radius 1 is 1.14 bits per heavy atom. The molecule has 3 rings (SSSR count). The first-order chi connectivity index (χ1) is 13.5. The van der Waals surface area contributed by atoms with E-state index in [0.29, 0.717) is 13.0 Å². The lowest BCUT2D eigenvalue weighted by molar-refractivity contribution is -0.129. The van der Waals surface area contributed by atoms with Crippen LogP contribution in [0.4, 0.5) is 5.69 Å². The molecule has 1 aliphatic rings. The Labute approximate surface area is 166 Å². The van der Waals surface area contributed by atoms with Gasteiger partial charge >= 0.3 is 0 Å². The number of rotatable bonds is 6. The van der Waals surface area contributed by atoms with Crippen LogP contribution in [0.5, 0.6) is 0 Å². The second kappa shape index (κ2) is 9.02. The van der Waals surface area contributed by atoms with Crippen LogP contribution in [0.3, 0.4) is 0 Å². The summed E-state index contributed by atoms with van der Waals surface area (Å²) >= 11 is 0. The number of amides is 2. The fourth-order valence-electron chi connectivity index (χ4n) is 3.54. The lowest BCUT2D eigenvalue weighted by atomic mass is 9.94. The maximum absolute atomic E-state index is 12.9. The molecule has 2 amide bonds. The maximum Gasteiger partial charge on any atom is 0.247 e. The van der Waals surface area contributed by atoms with E-state index in [2.05, 4.69) is 28.1 Å². The second-order valence-electron chi connectivity index (χ2n) is 7.64. The van der Waals surface area contributed by atoms with Crippen molar-refractivity contribution in [3.8, 4) is 0 Å². The monoisotopic (exact) mass is 379 g/mol. The highest BCUT2D eigenvalue weighted by Crippen LogP contribution is 2.18. The van der Waals surface area contributed by atoms with Crippen molar-refractivity contribution in [2.75, 3.05) is 5.32 Å². The quantitative estimate of drug-likeness (QED) is 0.722. The van der Waals surface area contributed by atoms with Gasteiger partial charge in [0.1, 0.15) is 6.04 Å². The summed E-state index contributed by atoms with van der Waals surface area (Å²) < 4.78 is 0. The molecule has 0 bridgehead atoms. The summed E-state index contributed by atoms with van der Waals surface area (Å²) in [4.78, 5) is 25.8. The predicted molar refractivity (Wildman–Crippen MR) is 112 cm³/mol. The number of aryl methyl sites for hydroxylation is 1. The molecular formula is C23H29N3O2. The summed E-state index contributed by atoms with van der Waals surface area (Å²) in [7, 11) is 0. The molecule has 28 heavy (non-hydrogen) atoms. The zero-order valence-corrected chi connectivity index (χ0v) is 16.8. The van der Waals surface area contributed by atoms with Crippen molar-refractivity contribution in [1.82, 2.24) is 10.6 Å². The third kappa shape index (κ3) is 4.78. The molecule has 1 heterocycles. The van der Waals surface area contributed by atoms with E-state index in [1.54, 1.807) is 0 Å². The van der Waals surface area contributed by atoms with Gasteiger partial charge in [0.2, 0.25) is 11.8 Å². The Balaban J connectivity index is 1.68. The van der Waals surface area contributed by atoms with Crippen molar-refractivity contribution >= 4 is 17.5 Å². The van der Waals surface area contributed by atoms with Crippen LogP contribution in [0.25, 0.3) is 0 Å². The molecule has 2 aromatic rings. The topological polar surface area (TPSA) is 70.2 Å². The molecule has 0 radical (unpaired) electrons. The van der Waals surface area contributed by atoms with Gasteiger partial charge in [-0.1, -0.05) is 56.7 Å². The van der Waals surface area contributed by atoms with Crippen molar-refractivity contribution in [2.24, 2.45) is 5.92 Å². The van der Waals surface area contributed by atoms with Gasteiger partial charge in [0.05, 0.1) is 6.04 Å². The van der Waals surface area contributed by atoms with Crippen LogP contribution >= 0.6 is 0 Å². The average molecular weight is 380 g/mol. The minimum Gasteiger partial charge on any atom is -0.343 e. The van der Waals surface area contributed by atoms with Crippen LogP contribution in [-0.2, 0) is 22.6 Å². The van der Waals surface area contributed by atoms with E-state index in [9.17, 15) is 9.59 Å². The highest BCUT2D eigenvalue weighted by Gasteiger charge is 2.30. The van der Waals surface area contributed by atoms with Gasteiger partial charge in [-0.15, -0.1) is 0 Å². The molecule has 0 saturated carbocycles. The summed E-state index contributed by atoms with van der Waals surface area (Å²) in [6.45, 7) is 6.66. The van der Waals surface area contributed by atoms with Gasteiger partial charge in [0.15, 0.2) is 0 Å². The van der Waals surface area contributed by atoms with Gasteiger partial charge in [-0.05, 0) is 48.1 Å². The normalized spacial score (nSPS) is 17.9. The van der Waals surface area contributed by atoms with Crippen molar-refractivity contribution in [2.45, 2.75) is 52.2 Å². The number of benzene rings is 2. The first-order valence-corrected chi connectivity index (χ1v) is 9.96. The Hall–Kier alpha value is -2.66. The van der Waals surface area contributed by atoms with Crippen LogP contribution in [0.2, 0.25) is 0 Å². The molecule has 3 atom stereocenters. The zero-order chi connectivity index (χ0) is 20.1. The fraction of sp³-hybridized carbons (Fsp3) is 0.391. The van der Waals surface area contributed by atoms with Crippen molar-refractivity contribution < 1.29 is 9.59 Å². The van der Waals surface area contributed by atoms with E-state index in [-0.39, 0.29) is 23.8 Å². The van der Waals surface area contributed by atoms with Crippen LogP contribution in [0.15, 0.2) is 48.5 Å². The van der Waals surface area contributed by atoms with E-state index in [1.807, 2.05) is 57.2 Å². The standard InChI is InChI=1S/C23H29N3O2/c1-4-16(3)21(23(28)25-19-11-7-8-15(2)12-19)26-22(27)20-13-17-9-5-6-10-18(17)14-24-20/h5-12,16,20-21,24H,4,13-14H2,1-3H3,(H,25,28)(H,26,27)/t16-,20-,21-/m0/s1. The number of hydrogen-bond acceptors (Lipinski definition) is 3. The van der Waals surface area contributed by atoms with E-state index >= 15 is 0 Å². The van der Waals surface area contributed by atoms with Gasteiger partial charge in [-0.25, -0.2) is 0 Å². The van der Waals surface area contributed by atoms with Crippen LogP contribution < -0.4 is 16.0 Å². The first-order valence-electron chi connectivity index (χ1n) is 9.96. The molecule has 0 unspecified atom stereocenters. The molecule has 148 valence electrons. The molecule has 2 aromatic carbocycles. The largest absolute Gasteiger partial charge is 0.343 e. The van der Waals surface area contributed by atoms with Gasteiger partial charge < -0.3 is 16.0 Å². The molecule has 0 aromatic heterocycles. The number of anilines is 1. The first kappa shape index (κ1) is 20.1. The second-order valence-corrected chi connectivity index (χ2v) is 7.64. The molecule has 5 nitrogen and oxygen atoms in total.